The molecule has 4 heteroatoms. The van der Waals surface area contributed by atoms with Crippen molar-refractivity contribution < 1.29 is 9.59 Å². The number of hydrogen-bond acceptors (Lipinski definition) is 2. The van der Waals surface area contributed by atoms with E-state index in [0.29, 0.717) is 6.54 Å². The lowest BCUT2D eigenvalue weighted by Crippen LogP contribution is -2.70. The van der Waals surface area contributed by atoms with Gasteiger partial charge in [0, 0.05) is 6.54 Å². The Balaban J connectivity index is 1.93. The van der Waals surface area contributed by atoms with E-state index >= 15 is 0 Å². The van der Waals surface area contributed by atoms with Crippen molar-refractivity contribution in [1.29, 1.82) is 0 Å². The predicted molar refractivity (Wildman–Crippen MR) is 84.9 cm³/mol. The average Bonchev–Trinajstić information content (AvgIpc) is 3.30. The second-order valence-electron chi connectivity index (χ2n) is 7.07. The van der Waals surface area contributed by atoms with Crippen LogP contribution in [0, 0.1) is 11.8 Å². The van der Waals surface area contributed by atoms with Gasteiger partial charge in [-0.15, -0.1) is 0 Å². The normalized spacial score (nSPS) is 28.9. The molecule has 1 N–H and O–H groups in total. The molecular formula is C18H24N2O2. The Labute approximate surface area is 131 Å². The first-order valence-electron chi connectivity index (χ1n) is 8.10. The van der Waals surface area contributed by atoms with Gasteiger partial charge in [-0.2, -0.15) is 0 Å². The minimum atomic E-state index is -0.725. The minimum Gasteiger partial charge on any atom is -0.340 e. The second-order valence-corrected chi connectivity index (χ2v) is 7.07. The summed E-state index contributed by atoms with van der Waals surface area (Å²) in [5, 5.41) is 3.02. The number of benzene rings is 1. The molecule has 1 aromatic carbocycles. The summed E-state index contributed by atoms with van der Waals surface area (Å²) in [6, 6.07) is 9.52. The summed E-state index contributed by atoms with van der Waals surface area (Å²) in [6.45, 7) is 6.38. The number of nitrogens with one attached hydrogen (secondary N) is 1. The van der Waals surface area contributed by atoms with Gasteiger partial charge in [0.15, 0.2) is 0 Å². The standard InChI is InChI=1S/C18H24N2O2/c1-12(2)15-16(21)19-18(3,14-9-10-14)17(22)20(15)11-13-7-5-4-6-8-13/h4-8,12,14-15H,9-11H2,1-3H3,(H,19,21). The van der Waals surface area contributed by atoms with E-state index in [0.717, 1.165) is 18.4 Å². The van der Waals surface area contributed by atoms with Crippen LogP contribution >= 0.6 is 0 Å². The van der Waals surface area contributed by atoms with Gasteiger partial charge in [0.2, 0.25) is 11.8 Å². The van der Waals surface area contributed by atoms with Gasteiger partial charge in [0.1, 0.15) is 11.6 Å². The smallest absolute Gasteiger partial charge is 0.249 e. The molecule has 2 fully saturated rings. The van der Waals surface area contributed by atoms with Crippen LogP contribution in [-0.2, 0) is 16.1 Å². The highest BCUT2D eigenvalue weighted by Gasteiger charge is 2.55. The highest BCUT2D eigenvalue weighted by atomic mass is 16.2. The largest absolute Gasteiger partial charge is 0.340 e. The SMILES string of the molecule is CC(C)C1C(=O)NC(C)(C2CC2)C(=O)N1Cc1ccccc1. The van der Waals surface area contributed by atoms with Crippen molar-refractivity contribution in [2.24, 2.45) is 11.8 Å². The molecule has 1 aliphatic carbocycles. The number of hydrogen-bond donors (Lipinski definition) is 1. The predicted octanol–water partition coefficient (Wildman–Crippen LogP) is 2.34. The Hall–Kier alpha value is -1.84. The molecule has 2 aliphatic rings. The van der Waals surface area contributed by atoms with Crippen LogP contribution in [0.3, 0.4) is 0 Å². The van der Waals surface area contributed by atoms with Gasteiger partial charge in [0.25, 0.3) is 0 Å². The van der Waals surface area contributed by atoms with Crippen molar-refractivity contribution in [3.63, 3.8) is 0 Å². The Bertz CT molecular complexity index is 580. The monoisotopic (exact) mass is 300 g/mol. The van der Waals surface area contributed by atoms with E-state index in [1.807, 2.05) is 51.1 Å². The van der Waals surface area contributed by atoms with Crippen molar-refractivity contribution in [1.82, 2.24) is 10.2 Å². The van der Waals surface area contributed by atoms with Crippen molar-refractivity contribution in [3.8, 4) is 0 Å². The van der Waals surface area contributed by atoms with Gasteiger partial charge >= 0.3 is 0 Å². The highest BCUT2D eigenvalue weighted by Crippen LogP contribution is 2.43. The summed E-state index contributed by atoms with van der Waals surface area (Å²) in [5.41, 5.74) is 0.339. The third-order valence-electron chi connectivity index (χ3n) is 4.91. The molecule has 22 heavy (non-hydrogen) atoms. The average molecular weight is 300 g/mol. The van der Waals surface area contributed by atoms with E-state index in [-0.39, 0.29) is 29.7 Å². The van der Waals surface area contributed by atoms with Crippen LogP contribution in [0.25, 0.3) is 0 Å². The minimum absolute atomic E-state index is 0.0140. The van der Waals surface area contributed by atoms with Gasteiger partial charge in [-0.3, -0.25) is 9.59 Å². The molecule has 0 spiro atoms. The van der Waals surface area contributed by atoms with E-state index in [4.69, 9.17) is 0 Å². The number of carbonyl (C=O) groups is 2. The molecule has 3 rings (SSSR count). The summed E-state index contributed by atoms with van der Waals surface area (Å²) in [7, 11) is 0. The maximum atomic E-state index is 13.1. The van der Waals surface area contributed by atoms with Gasteiger partial charge in [-0.1, -0.05) is 44.2 Å². The number of carbonyl (C=O) groups excluding carboxylic acids is 2. The van der Waals surface area contributed by atoms with Crippen molar-refractivity contribution >= 4 is 11.8 Å². The molecule has 1 saturated carbocycles. The topological polar surface area (TPSA) is 49.4 Å². The first-order chi connectivity index (χ1) is 10.4. The van der Waals surface area contributed by atoms with Gasteiger partial charge < -0.3 is 10.2 Å². The fraction of sp³-hybridized carbons (Fsp3) is 0.556. The van der Waals surface area contributed by atoms with E-state index < -0.39 is 5.54 Å². The molecular weight excluding hydrogens is 276 g/mol. The first-order valence-corrected chi connectivity index (χ1v) is 8.10. The number of rotatable bonds is 4. The van der Waals surface area contributed by atoms with Crippen molar-refractivity contribution in [2.45, 2.75) is 51.7 Å². The van der Waals surface area contributed by atoms with Crippen LogP contribution in [0.5, 0.6) is 0 Å². The van der Waals surface area contributed by atoms with Crippen LogP contribution in [0.15, 0.2) is 30.3 Å². The van der Waals surface area contributed by atoms with E-state index in [2.05, 4.69) is 5.32 Å². The lowest BCUT2D eigenvalue weighted by Gasteiger charge is -2.46. The zero-order valence-electron chi connectivity index (χ0n) is 13.5. The van der Waals surface area contributed by atoms with Crippen LogP contribution in [-0.4, -0.2) is 28.3 Å². The van der Waals surface area contributed by atoms with Gasteiger partial charge in [-0.05, 0) is 37.2 Å². The van der Waals surface area contributed by atoms with E-state index in [9.17, 15) is 9.59 Å². The Morgan fingerprint density at radius 3 is 2.41 bits per heavy atom. The summed E-state index contributed by atoms with van der Waals surface area (Å²) in [5.74, 6) is 0.434. The zero-order valence-corrected chi connectivity index (χ0v) is 13.5. The third-order valence-corrected chi connectivity index (χ3v) is 4.91. The molecule has 1 saturated heterocycles. The lowest BCUT2D eigenvalue weighted by atomic mass is 9.86. The summed E-state index contributed by atoms with van der Waals surface area (Å²) >= 11 is 0. The van der Waals surface area contributed by atoms with Crippen molar-refractivity contribution in [2.75, 3.05) is 0 Å². The summed E-state index contributed by atoms with van der Waals surface area (Å²) in [6.07, 6.45) is 2.04. The summed E-state index contributed by atoms with van der Waals surface area (Å²) in [4.78, 5) is 27.5. The van der Waals surface area contributed by atoms with Crippen LogP contribution < -0.4 is 5.32 Å². The van der Waals surface area contributed by atoms with Gasteiger partial charge in [-0.25, -0.2) is 0 Å². The highest BCUT2D eigenvalue weighted by molar-refractivity contribution is 6.00. The number of amides is 2. The first kappa shape index (κ1) is 15.1. The fourth-order valence-electron chi connectivity index (χ4n) is 3.50. The molecule has 1 aromatic rings. The molecule has 1 aliphatic heterocycles. The Morgan fingerprint density at radius 2 is 1.86 bits per heavy atom. The summed E-state index contributed by atoms with van der Waals surface area (Å²) < 4.78 is 0. The Morgan fingerprint density at radius 1 is 1.23 bits per heavy atom. The molecule has 0 radical (unpaired) electrons. The van der Waals surface area contributed by atoms with Crippen LogP contribution in [0.2, 0.25) is 0 Å². The number of piperazine rings is 1. The van der Waals surface area contributed by atoms with Crippen LogP contribution in [0.1, 0.15) is 39.2 Å². The Kier molecular flexibility index (Phi) is 3.71. The van der Waals surface area contributed by atoms with E-state index in [1.54, 1.807) is 4.90 Å². The second kappa shape index (κ2) is 5.41. The molecule has 0 bridgehead atoms. The lowest BCUT2D eigenvalue weighted by molar-refractivity contribution is -0.158. The van der Waals surface area contributed by atoms with Crippen molar-refractivity contribution in [3.05, 3.63) is 35.9 Å². The maximum Gasteiger partial charge on any atom is 0.249 e. The quantitative estimate of drug-likeness (QED) is 0.928. The molecule has 2 amide bonds. The zero-order chi connectivity index (χ0) is 15.9. The van der Waals surface area contributed by atoms with Gasteiger partial charge in [0.05, 0.1) is 0 Å². The molecule has 118 valence electrons. The number of nitrogens with zero attached hydrogens (tertiary/aromatic N) is 1. The van der Waals surface area contributed by atoms with E-state index in [1.165, 1.54) is 0 Å². The third kappa shape index (κ3) is 2.51. The fourth-order valence-corrected chi connectivity index (χ4v) is 3.50. The molecule has 0 aromatic heterocycles. The maximum absolute atomic E-state index is 13.1. The molecule has 4 nitrogen and oxygen atoms in total. The molecule has 2 unspecified atom stereocenters. The molecule has 1 heterocycles. The molecule has 2 atom stereocenters. The van der Waals surface area contributed by atoms with Crippen LogP contribution in [0.4, 0.5) is 0 Å².